The Morgan fingerprint density at radius 2 is 2.03 bits per heavy atom. The summed E-state index contributed by atoms with van der Waals surface area (Å²) < 4.78 is -0.606. The number of aromatic amines is 1. The number of nitrogens with zero attached hydrogens (tertiary/aromatic N) is 4. The monoisotopic (exact) mass is 408 g/mol. The third-order valence-corrected chi connectivity index (χ3v) is 6.29. The van der Waals surface area contributed by atoms with Crippen molar-refractivity contribution < 1.29 is 9.59 Å². The van der Waals surface area contributed by atoms with Gasteiger partial charge in [0.15, 0.2) is 5.82 Å². The Morgan fingerprint density at radius 1 is 1.24 bits per heavy atom. The number of rotatable bonds is 5. The van der Waals surface area contributed by atoms with Crippen LogP contribution in [0.2, 0.25) is 0 Å². The first-order chi connectivity index (χ1) is 14.0. The lowest BCUT2D eigenvalue weighted by Gasteiger charge is -2.39. The maximum Gasteiger partial charge on any atom is 0.249 e. The second-order valence-corrected chi connectivity index (χ2v) is 8.36. The number of carbonyl (C=O) groups is 2. The van der Waals surface area contributed by atoms with Gasteiger partial charge in [-0.1, -0.05) is 25.1 Å². The first-order valence-corrected chi connectivity index (χ1v) is 10.1. The molecule has 1 aliphatic heterocycles. The molecule has 29 heavy (non-hydrogen) atoms. The summed E-state index contributed by atoms with van der Waals surface area (Å²) in [6.45, 7) is 3.78. The lowest BCUT2D eigenvalue weighted by atomic mass is 10.1. The summed E-state index contributed by atoms with van der Waals surface area (Å²) >= 11 is 1.54. The first kappa shape index (κ1) is 19.1. The summed E-state index contributed by atoms with van der Waals surface area (Å²) in [5.41, 5.74) is 1.36. The summed E-state index contributed by atoms with van der Waals surface area (Å²) in [6.07, 6.45) is 2.32. The zero-order chi connectivity index (χ0) is 20.4. The molecule has 2 aromatic heterocycles. The maximum absolute atomic E-state index is 13.1. The van der Waals surface area contributed by atoms with Crippen LogP contribution in [-0.2, 0) is 9.59 Å². The van der Waals surface area contributed by atoms with Gasteiger partial charge in [0.1, 0.15) is 12.2 Å². The van der Waals surface area contributed by atoms with Crippen LogP contribution in [-0.4, -0.2) is 43.3 Å². The molecule has 0 spiro atoms. The molecule has 1 atom stereocenters. The predicted molar refractivity (Wildman–Crippen MR) is 112 cm³/mol. The molecule has 3 heterocycles. The Hall–Kier alpha value is -3.20. The van der Waals surface area contributed by atoms with Crippen LogP contribution in [0.15, 0.2) is 53.6 Å². The smallest absolute Gasteiger partial charge is 0.249 e. The molecule has 1 aromatic carbocycles. The number of anilines is 2. The van der Waals surface area contributed by atoms with E-state index in [0.29, 0.717) is 17.9 Å². The molecule has 1 aliphatic rings. The van der Waals surface area contributed by atoms with Gasteiger partial charge in [-0.25, -0.2) is 0 Å². The zero-order valence-corrected chi connectivity index (χ0v) is 16.9. The highest BCUT2D eigenvalue weighted by atomic mass is 32.2. The number of nitrogens with one attached hydrogen (secondary N) is 2. The van der Waals surface area contributed by atoms with Crippen LogP contribution in [0.3, 0.4) is 0 Å². The molecule has 148 valence electrons. The highest BCUT2D eigenvalue weighted by molar-refractivity contribution is 8.01. The Balaban J connectivity index is 1.52. The van der Waals surface area contributed by atoms with E-state index in [0.717, 1.165) is 10.6 Å². The summed E-state index contributed by atoms with van der Waals surface area (Å²) in [7, 11) is 0. The number of fused-ring (bicyclic) bond motifs is 1. The molecule has 0 radical (unpaired) electrons. The van der Waals surface area contributed by atoms with Crippen molar-refractivity contribution in [3.8, 4) is 11.5 Å². The minimum atomic E-state index is -0.606. The zero-order valence-electron chi connectivity index (χ0n) is 16.0. The van der Waals surface area contributed by atoms with Crippen LogP contribution in [0, 0.1) is 0 Å². The maximum atomic E-state index is 13.1. The minimum absolute atomic E-state index is 0.0805. The topological polar surface area (TPSA) is 104 Å². The van der Waals surface area contributed by atoms with Crippen molar-refractivity contribution in [2.45, 2.75) is 29.9 Å². The molecule has 0 saturated heterocycles. The van der Waals surface area contributed by atoms with Gasteiger partial charge in [-0.05, 0) is 37.6 Å². The van der Waals surface area contributed by atoms with E-state index >= 15 is 0 Å². The van der Waals surface area contributed by atoms with Crippen LogP contribution in [0.1, 0.15) is 20.3 Å². The quantitative estimate of drug-likeness (QED) is 0.672. The Morgan fingerprint density at radius 3 is 2.79 bits per heavy atom. The van der Waals surface area contributed by atoms with Crippen molar-refractivity contribution in [3.63, 3.8) is 0 Å². The van der Waals surface area contributed by atoms with Crippen LogP contribution >= 0.6 is 11.8 Å². The van der Waals surface area contributed by atoms with E-state index in [-0.39, 0.29) is 24.3 Å². The van der Waals surface area contributed by atoms with Gasteiger partial charge in [0.25, 0.3) is 0 Å². The lowest BCUT2D eigenvalue weighted by molar-refractivity contribution is -0.123. The Kier molecular flexibility index (Phi) is 5.06. The second kappa shape index (κ2) is 7.67. The average molecular weight is 408 g/mol. The SMILES string of the molecule is CCC1(C)Sc2ccccc2N(CC(=O)Nc2n[nH]c(-c3ccccn3)n2)C1=O. The van der Waals surface area contributed by atoms with E-state index in [2.05, 4.69) is 25.5 Å². The Bertz CT molecular complexity index is 1050. The number of hydrogen-bond acceptors (Lipinski definition) is 6. The van der Waals surface area contributed by atoms with E-state index in [9.17, 15) is 9.59 Å². The lowest BCUT2D eigenvalue weighted by Crippen LogP contribution is -2.50. The highest BCUT2D eigenvalue weighted by Crippen LogP contribution is 2.46. The van der Waals surface area contributed by atoms with Crippen LogP contribution in [0.4, 0.5) is 11.6 Å². The number of benzene rings is 1. The number of thioether (sulfide) groups is 1. The van der Waals surface area contributed by atoms with Gasteiger partial charge >= 0.3 is 0 Å². The largest absolute Gasteiger partial charge is 0.301 e. The molecule has 0 aliphatic carbocycles. The van der Waals surface area contributed by atoms with Crippen molar-refractivity contribution in [2.75, 3.05) is 16.8 Å². The molecular formula is C20H20N6O2S. The van der Waals surface area contributed by atoms with Gasteiger partial charge in [0.05, 0.1) is 10.4 Å². The normalized spacial score (nSPS) is 18.4. The number of carbonyl (C=O) groups excluding carboxylic acids is 2. The molecule has 0 saturated carbocycles. The third kappa shape index (κ3) is 3.73. The van der Waals surface area contributed by atoms with Crippen molar-refractivity contribution >= 4 is 35.2 Å². The summed E-state index contributed by atoms with van der Waals surface area (Å²) in [4.78, 5) is 36.7. The van der Waals surface area contributed by atoms with Gasteiger partial charge in [-0.3, -0.25) is 25.0 Å². The molecule has 4 rings (SSSR count). The fourth-order valence-corrected chi connectivity index (χ4v) is 4.33. The van der Waals surface area contributed by atoms with E-state index in [1.165, 1.54) is 4.90 Å². The molecule has 1 unspecified atom stereocenters. The molecule has 3 aromatic rings. The fraction of sp³-hybridized carbons (Fsp3) is 0.250. The van der Waals surface area contributed by atoms with Gasteiger partial charge in [0.2, 0.25) is 17.8 Å². The van der Waals surface area contributed by atoms with Crippen LogP contribution < -0.4 is 10.2 Å². The number of amides is 2. The third-order valence-electron chi connectivity index (χ3n) is 4.81. The number of aromatic nitrogens is 4. The summed E-state index contributed by atoms with van der Waals surface area (Å²) in [6, 6.07) is 13.1. The molecule has 2 N–H and O–H groups in total. The van der Waals surface area contributed by atoms with E-state index in [1.54, 1.807) is 30.1 Å². The molecule has 0 fully saturated rings. The van der Waals surface area contributed by atoms with Gasteiger partial charge in [-0.15, -0.1) is 16.9 Å². The van der Waals surface area contributed by atoms with E-state index < -0.39 is 4.75 Å². The van der Waals surface area contributed by atoms with Crippen molar-refractivity contribution in [3.05, 3.63) is 48.7 Å². The van der Waals surface area contributed by atoms with Gasteiger partial charge < -0.3 is 4.90 Å². The van der Waals surface area contributed by atoms with Gasteiger partial charge in [0, 0.05) is 11.1 Å². The van der Waals surface area contributed by atoms with Crippen molar-refractivity contribution in [2.24, 2.45) is 0 Å². The van der Waals surface area contributed by atoms with E-state index in [1.807, 2.05) is 44.2 Å². The highest BCUT2D eigenvalue weighted by Gasteiger charge is 2.42. The fourth-order valence-electron chi connectivity index (χ4n) is 3.07. The average Bonchev–Trinajstić information content (AvgIpc) is 3.20. The molecule has 0 bridgehead atoms. The van der Waals surface area contributed by atoms with Gasteiger partial charge in [-0.2, -0.15) is 4.98 Å². The predicted octanol–water partition coefficient (Wildman–Crippen LogP) is 3.11. The molecule has 8 nitrogen and oxygen atoms in total. The number of para-hydroxylation sites is 1. The number of pyridine rings is 1. The summed E-state index contributed by atoms with van der Waals surface area (Å²) in [5.74, 6) is 0.143. The van der Waals surface area contributed by atoms with Crippen molar-refractivity contribution in [1.82, 2.24) is 20.2 Å². The first-order valence-electron chi connectivity index (χ1n) is 9.24. The van der Waals surface area contributed by atoms with Crippen LogP contribution in [0.5, 0.6) is 0 Å². The Labute approximate surface area is 172 Å². The number of hydrogen-bond donors (Lipinski definition) is 2. The van der Waals surface area contributed by atoms with E-state index in [4.69, 9.17) is 0 Å². The minimum Gasteiger partial charge on any atom is -0.301 e. The van der Waals surface area contributed by atoms with Crippen LogP contribution in [0.25, 0.3) is 11.5 Å². The summed E-state index contributed by atoms with van der Waals surface area (Å²) in [5, 5.41) is 9.43. The number of H-pyrrole nitrogens is 1. The molecule has 2 amide bonds. The van der Waals surface area contributed by atoms with Crippen molar-refractivity contribution in [1.29, 1.82) is 0 Å². The molecular weight excluding hydrogens is 388 g/mol. The standard InChI is InChI=1S/C20H20N6O2S/c1-3-20(2)18(28)26(14-9-4-5-10-15(14)29-20)12-16(27)22-19-23-17(24-25-19)13-8-6-7-11-21-13/h4-11H,3,12H2,1-2H3,(H2,22,23,24,25,27). The second-order valence-electron chi connectivity index (χ2n) is 6.82. The molecule has 9 heteroatoms.